The molecule has 0 heterocycles. The SMILES string of the molecule is CCSC(=S)NP(=S)(OC(C)C)OC(C)C. The van der Waals surface area contributed by atoms with Crippen molar-refractivity contribution < 1.29 is 9.05 Å². The fourth-order valence-electron chi connectivity index (χ4n) is 0.908. The molecule has 0 amide bonds. The average Bonchev–Trinajstić information content (AvgIpc) is 1.98. The van der Waals surface area contributed by atoms with Gasteiger partial charge < -0.3 is 14.1 Å². The van der Waals surface area contributed by atoms with Crippen LogP contribution in [0, 0.1) is 0 Å². The van der Waals surface area contributed by atoms with E-state index in [4.69, 9.17) is 33.1 Å². The van der Waals surface area contributed by atoms with Crippen LogP contribution in [0.2, 0.25) is 0 Å². The molecule has 0 aromatic heterocycles. The van der Waals surface area contributed by atoms with Crippen LogP contribution in [0.5, 0.6) is 0 Å². The Balaban J connectivity index is 4.53. The van der Waals surface area contributed by atoms with E-state index in [0.717, 1.165) is 5.75 Å². The molecule has 0 bridgehead atoms. The van der Waals surface area contributed by atoms with E-state index in [-0.39, 0.29) is 12.2 Å². The molecule has 1 N–H and O–H groups in total. The maximum absolute atomic E-state index is 5.66. The second-order valence-corrected chi connectivity index (χ2v) is 8.66. The fraction of sp³-hybridized carbons (Fsp3) is 0.889. The van der Waals surface area contributed by atoms with Gasteiger partial charge >= 0.3 is 0 Å². The normalized spacial score (nSPS) is 12.2. The second-order valence-electron chi connectivity index (χ2n) is 3.64. The fourth-order valence-corrected chi connectivity index (χ4v) is 5.65. The number of thioether (sulfide) groups is 1. The first kappa shape index (κ1) is 16.8. The van der Waals surface area contributed by atoms with E-state index in [9.17, 15) is 0 Å². The van der Waals surface area contributed by atoms with Crippen LogP contribution in [0.3, 0.4) is 0 Å². The summed E-state index contributed by atoms with van der Waals surface area (Å²) in [6.07, 6.45) is 0.0398. The zero-order chi connectivity index (χ0) is 12.8. The third kappa shape index (κ3) is 7.98. The maximum atomic E-state index is 5.66. The molecule has 0 aliphatic rings. The number of hydrogen-bond donors (Lipinski definition) is 1. The lowest BCUT2D eigenvalue weighted by molar-refractivity contribution is 0.172. The van der Waals surface area contributed by atoms with E-state index < -0.39 is 6.64 Å². The molecule has 3 nitrogen and oxygen atoms in total. The van der Waals surface area contributed by atoms with Gasteiger partial charge in [-0.2, -0.15) is 0 Å². The number of thiocarbonyl (C=S) groups is 1. The van der Waals surface area contributed by atoms with Crippen molar-refractivity contribution in [1.82, 2.24) is 5.09 Å². The topological polar surface area (TPSA) is 30.5 Å². The number of nitrogens with one attached hydrogen (secondary N) is 1. The Kier molecular flexibility index (Phi) is 8.41. The Morgan fingerprint density at radius 2 is 1.69 bits per heavy atom. The van der Waals surface area contributed by atoms with E-state index >= 15 is 0 Å². The summed E-state index contributed by atoms with van der Waals surface area (Å²) < 4.78 is 12.0. The first-order chi connectivity index (χ1) is 7.29. The molecule has 0 aliphatic carbocycles. The molecule has 0 spiro atoms. The Morgan fingerprint density at radius 1 is 1.25 bits per heavy atom. The van der Waals surface area contributed by atoms with Crippen molar-refractivity contribution >= 4 is 46.7 Å². The van der Waals surface area contributed by atoms with E-state index in [2.05, 4.69) is 5.09 Å². The lowest BCUT2D eigenvalue weighted by atomic mass is 10.5. The molecule has 0 saturated heterocycles. The van der Waals surface area contributed by atoms with Crippen molar-refractivity contribution in [2.45, 2.75) is 46.8 Å². The standard InChI is InChI=1S/C9H20NO2PS3/c1-6-16-9(14)10-13(15,11-7(2)3)12-8(4)5/h7-8H,6H2,1-5H3,(H,10,14,15). The van der Waals surface area contributed by atoms with E-state index in [1.54, 1.807) is 0 Å². The highest BCUT2D eigenvalue weighted by Crippen LogP contribution is 2.47. The van der Waals surface area contributed by atoms with Crippen LogP contribution in [0.25, 0.3) is 0 Å². The van der Waals surface area contributed by atoms with Gasteiger partial charge in [0.25, 0.3) is 6.64 Å². The Morgan fingerprint density at radius 3 is 2.00 bits per heavy atom. The zero-order valence-corrected chi connectivity index (χ0v) is 13.7. The molecular formula is C9H20NO2PS3. The molecular weight excluding hydrogens is 281 g/mol. The quantitative estimate of drug-likeness (QED) is 0.595. The second kappa shape index (κ2) is 8.01. The molecule has 0 aromatic rings. The summed E-state index contributed by atoms with van der Waals surface area (Å²) in [4.78, 5) is 0. The third-order valence-corrected chi connectivity index (χ3v) is 5.30. The summed E-state index contributed by atoms with van der Waals surface area (Å²) in [6, 6.07) is 0. The van der Waals surface area contributed by atoms with Crippen LogP contribution >= 0.6 is 30.6 Å². The van der Waals surface area contributed by atoms with Gasteiger partial charge in [0.2, 0.25) is 0 Å². The van der Waals surface area contributed by atoms with Gasteiger partial charge in [0, 0.05) is 0 Å². The highest BCUT2D eigenvalue weighted by atomic mass is 32.5. The van der Waals surface area contributed by atoms with Gasteiger partial charge in [-0.1, -0.05) is 30.9 Å². The van der Waals surface area contributed by atoms with Gasteiger partial charge in [-0.05, 0) is 45.3 Å². The lowest BCUT2D eigenvalue weighted by Gasteiger charge is -2.27. The van der Waals surface area contributed by atoms with E-state index in [0.29, 0.717) is 4.32 Å². The van der Waals surface area contributed by atoms with Crippen LogP contribution in [0.15, 0.2) is 0 Å². The van der Waals surface area contributed by atoms with Crippen LogP contribution < -0.4 is 5.09 Å². The highest BCUT2D eigenvalue weighted by molar-refractivity contribution is 8.24. The Bertz CT molecular complexity index is 257. The molecule has 0 radical (unpaired) electrons. The van der Waals surface area contributed by atoms with Gasteiger partial charge in [0.05, 0.1) is 12.2 Å². The summed E-state index contributed by atoms with van der Waals surface area (Å²) in [5, 5.41) is 3.03. The summed E-state index contributed by atoms with van der Waals surface area (Å²) >= 11 is 12.1. The number of hydrogen-bond acceptors (Lipinski definition) is 5. The third-order valence-electron chi connectivity index (χ3n) is 1.20. The van der Waals surface area contributed by atoms with Crippen molar-refractivity contribution in [3.8, 4) is 0 Å². The number of rotatable bonds is 6. The Labute approximate surface area is 113 Å². The minimum Gasteiger partial charge on any atom is -0.311 e. The summed E-state index contributed by atoms with van der Waals surface area (Å²) in [5.74, 6) is 0.907. The molecule has 0 aromatic carbocycles. The Hall–Kier alpha value is 0.810. The minimum absolute atomic E-state index is 0.0199. The van der Waals surface area contributed by atoms with Crippen molar-refractivity contribution in [2.24, 2.45) is 0 Å². The van der Waals surface area contributed by atoms with Crippen LogP contribution in [-0.4, -0.2) is 22.3 Å². The molecule has 0 fully saturated rings. The smallest absolute Gasteiger partial charge is 0.289 e. The molecule has 0 atom stereocenters. The summed E-state index contributed by atoms with van der Waals surface area (Å²) in [6.45, 7) is 7.27. The maximum Gasteiger partial charge on any atom is 0.289 e. The van der Waals surface area contributed by atoms with Gasteiger partial charge in [-0.25, -0.2) is 0 Å². The summed E-state index contributed by atoms with van der Waals surface area (Å²) in [5.41, 5.74) is 0. The molecule has 0 aliphatic heterocycles. The molecule has 0 rings (SSSR count). The van der Waals surface area contributed by atoms with E-state index in [1.165, 1.54) is 11.8 Å². The van der Waals surface area contributed by atoms with Crippen LogP contribution in [-0.2, 0) is 20.9 Å². The van der Waals surface area contributed by atoms with Gasteiger partial charge in [-0.3, -0.25) is 0 Å². The highest BCUT2D eigenvalue weighted by Gasteiger charge is 2.23. The van der Waals surface area contributed by atoms with Crippen molar-refractivity contribution in [3.05, 3.63) is 0 Å². The molecule has 0 saturated carbocycles. The molecule has 96 valence electrons. The van der Waals surface area contributed by atoms with Crippen molar-refractivity contribution in [3.63, 3.8) is 0 Å². The monoisotopic (exact) mass is 301 g/mol. The summed E-state index contributed by atoms with van der Waals surface area (Å²) in [7, 11) is 0. The molecule has 7 heteroatoms. The molecule has 16 heavy (non-hydrogen) atoms. The first-order valence-corrected chi connectivity index (χ1v) is 9.24. The largest absolute Gasteiger partial charge is 0.311 e. The minimum atomic E-state index is -2.50. The lowest BCUT2D eigenvalue weighted by Crippen LogP contribution is -2.22. The van der Waals surface area contributed by atoms with Gasteiger partial charge in [0.15, 0.2) is 0 Å². The van der Waals surface area contributed by atoms with Gasteiger partial charge in [0.1, 0.15) is 4.32 Å². The predicted octanol–water partition coefficient (Wildman–Crippen LogP) is 3.69. The first-order valence-electron chi connectivity index (χ1n) is 5.21. The van der Waals surface area contributed by atoms with Crippen molar-refractivity contribution in [2.75, 3.05) is 5.75 Å². The van der Waals surface area contributed by atoms with Crippen LogP contribution in [0.1, 0.15) is 34.6 Å². The predicted molar refractivity (Wildman–Crippen MR) is 80.6 cm³/mol. The van der Waals surface area contributed by atoms with Crippen molar-refractivity contribution in [1.29, 1.82) is 0 Å². The average molecular weight is 301 g/mol. The van der Waals surface area contributed by atoms with Gasteiger partial charge in [-0.15, -0.1) is 0 Å². The molecule has 0 unspecified atom stereocenters. The zero-order valence-electron chi connectivity index (χ0n) is 10.4. The van der Waals surface area contributed by atoms with E-state index in [1.807, 2.05) is 34.6 Å². The van der Waals surface area contributed by atoms with Crippen LogP contribution in [0.4, 0.5) is 0 Å².